The van der Waals surface area contributed by atoms with Gasteiger partial charge in [0.25, 0.3) is 11.8 Å². The van der Waals surface area contributed by atoms with Crippen LogP contribution in [0, 0.1) is 11.8 Å². The monoisotopic (exact) mass is 572 g/mol. The molecule has 0 fully saturated rings. The first-order valence-corrected chi connectivity index (χ1v) is 13.9. The lowest BCUT2D eigenvalue weighted by Crippen LogP contribution is -2.50. The number of amidine groups is 1. The summed E-state index contributed by atoms with van der Waals surface area (Å²) in [7, 11) is 1.64. The molecule has 6 rings (SSSR count). The summed E-state index contributed by atoms with van der Waals surface area (Å²) in [4.78, 5) is 36.3. The summed E-state index contributed by atoms with van der Waals surface area (Å²) in [6, 6.07) is 23.9. The van der Waals surface area contributed by atoms with Gasteiger partial charge in [0.05, 0.1) is 17.8 Å². The highest BCUT2D eigenvalue weighted by atomic mass is 16.5. The predicted molar refractivity (Wildman–Crippen MR) is 162 cm³/mol. The van der Waals surface area contributed by atoms with Gasteiger partial charge in [-0.1, -0.05) is 48.2 Å². The van der Waals surface area contributed by atoms with Crippen molar-refractivity contribution in [3.8, 4) is 23.3 Å². The van der Waals surface area contributed by atoms with E-state index in [-0.39, 0.29) is 18.3 Å². The number of hydrogen-bond acceptors (Lipinski definition) is 8. The van der Waals surface area contributed by atoms with Gasteiger partial charge in [-0.3, -0.25) is 14.6 Å². The molecule has 0 spiro atoms. The Balaban J connectivity index is 1.04. The molecule has 0 saturated heterocycles. The van der Waals surface area contributed by atoms with E-state index >= 15 is 0 Å². The smallest absolute Gasteiger partial charge is 0.291 e. The van der Waals surface area contributed by atoms with E-state index in [4.69, 9.17) is 9.47 Å². The second-order valence-corrected chi connectivity index (χ2v) is 10.0. The largest absolute Gasteiger partial charge is 0.493 e. The number of carbonyl (C=O) groups excluding carboxylic acids is 2. The van der Waals surface area contributed by atoms with Gasteiger partial charge in [-0.15, -0.1) is 5.11 Å². The Morgan fingerprint density at radius 1 is 1.09 bits per heavy atom. The third-order valence-electron chi connectivity index (χ3n) is 6.99. The van der Waals surface area contributed by atoms with E-state index in [0.717, 1.165) is 27.8 Å². The molecule has 1 aromatic heterocycles. The maximum absolute atomic E-state index is 13.3. The van der Waals surface area contributed by atoms with Gasteiger partial charge in [-0.25, -0.2) is 4.99 Å². The Bertz CT molecular complexity index is 1790. The molecular weight excluding hydrogens is 544 g/mol. The first-order chi connectivity index (χ1) is 21.0. The number of pyridine rings is 1. The molecule has 214 valence electrons. The average Bonchev–Trinajstić information content (AvgIpc) is 3.47. The van der Waals surface area contributed by atoms with Crippen LogP contribution in [0.2, 0.25) is 0 Å². The van der Waals surface area contributed by atoms with Crippen molar-refractivity contribution in [2.75, 3.05) is 25.2 Å². The first kappa shape index (κ1) is 27.6. The fourth-order valence-corrected chi connectivity index (χ4v) is 4.75. The Hall–Kier alpha value is -5.56. The number of rotatable bonds is 7. The zero-order chi connectivity index (χ0) is 29.6. The number of amides is 2. The number of ether oxygens (including phenoxy) is 2. The van der Waals surface area contributed by atoms with E-state index in [1.165, 1.54) is 4.90 Å². The van der Waals surface area contributed by atoms with Crippen molar-refractivity contribution in [2.45, 2.75) is 25.0 Å². The molecule has 2 aliphatic rings. The molecule has 0 radical (unpaired) electrons. The molecule has 4 aromatic rings. The van der Waals surface area contributed by atoms with Crippen molar-refractivity contribution in [1.29, 1.82) is 0 Å². The van der Waals surface area contributed by atoms with Gasteiger partial charge in [-0.05, 0) is 42.0 Å². The zero-order valence-corrected chi connectivity index (χ0v) is 23.4. The number of hydrogen-bond donors (Lipinski definition) is 1. The van der Waals surface area contributed by atoms with Crippen molar-refractivity contribution in [1.82, 2.24) is 10.3 Å². The van der Waals surface area contributed by atoms with Gasteiger partial charge in [0.2, 0.25) is 5.84 Å². The number of benzene rings is 3. The van der Waals surface area contributed by atoms with Crippen LogP contribution in [-0.2, 0) is 16.0 Å². The second-order valence-electron chi connectivity index (χ2n) is 10.0. The standard InChI is InChI=1S/C33H28N6O4/c1-39-28-18-23(10-5-6-17-42-25-14-13-24-11-7-16-34-26(24)20-25)12-15-29(28)43-21-27(33(39)41)35-32(40)31-36-30(37-38-31)19-22-8-3-2-4-9-22/h2-4,7-9,11-16,18,20,27,30H,6,17,19,21H2,1H3,(H,35,40)/t27-,30?/m1/s1. The third kappa shape index (κ3) is 6.52. The highest BCUT2D eigenvalue weighted by molar-refractivity contribution is 6.38. The molecule has 1 N–H and O–H groups in total. The molecule has 3 heterocycles. The minimum Gasteiger partial charge on any atom is -0.493 e. The number of azo groups is 1. The van der Waals surface area contributed by atoms with E-state index in [9.17, 15) is 9.59 Å². The Kier molecular flexibility index (Phi) is 8.04. The van der Waals surface area contributed by atoms with Crippen molar-refractivity contribution >= 4 is 34.2 Å². The summed E-state index contributed by atoms with van der Waals surface area (Å²) in [6.45, 7) is 0.392. The van der Waals surface area contributed by atoms with Crippen LogP contribution in [0.3, 0.4) is 0 Å². The quantitative estimate of drug-likeness (QED) is 0.261. The molecule has 3 aromatic carbocycles. The van der Waals surface area contributed by atoms with Gasteiger partial charge >= 0.3 is 0 Å². The van der Waals surface area contributed by atoms with E-state index < -0.39 is 18.1 Å². The number of nitrogens with one attached hydrogen (secondary N) is 1. The number of anilines is 1. The second kappa shape index (κ2) is 12.5. The first-order valence-electron chi connectivity index (χ1n) is 13.9. The molecule has 2 amide bonds. The fraction of sp³-hybridized carbons (Fsp3) is 0.212. The van der Waals surface area contributed by atoms with Crippen LogP contribution in [0.4, 0.5) is 5.69 Å². The molecule has 10 nitrogen and oxygen atoms in total. The topological polar surface area (TPSA) is 118 Å². The molecule has 10 heteroatoms. The van der Waals surface area contributed by atoms with Crippen molar-refractivity contribution in [3.63, 3.8) is 0 Å². The molecular formula is C33H28N6O4. The summed E-state index contributed by atoms with van der Waals surface area (Å²) in [6.07, 6.45) is 2.33. The fourth-order valence-electron chi connectivity index (χ4n) is 4.75. The molecule has 1 unspecified atom stereocenters. The van der Waals surface area contributed by atoms with Crippen LogP contribution in [-0.4, -0.2) is 55.1 Å². The lowest BCUT2D eigenvalue weighted by molar-refractivity contribution is -0.124. The van der Waals surface area contributed by atoms with Crippen LogP contribution >= 0.6 is 0 Å². The van der Waals surface area contributed by atoms with Crippen LogP contribution in [0.25, 0.3) is 10.9 Å². The molecule has 2 aliphatic heterocycles. The number of fused-ring (bicyclic) bond motifs is 2. The van der Waals surface area contributed by atoms with E-state index in [2.05, 4.69) is 37.4 Å². The van der Waals surface area contributed by atoms with E-state index in [1.54, 1.807) is 25.4 Å². The predicted octanol–water partition coefficient (Wildman–Crippen LogP) is 4.33. The SMILES string of the molecule is CN1C(=O)[C@H](NC(=O)C2=NC(Cc3ccccc3)N=N2)COc2ccc(C#CCCOc3ccc4cccnc4c3)cc21. The van der Waals surface area contributed by atoms with Gasteiger partial charge in [0, 0.05) is 43.1 Å². The molecule has 0 bridgehead atoms. The van der Waals surface area contributed by atoms with Crippen LogP contribution < -0.4 is 19.7 Å². The Morgan fingerprint density at radius 3 is 2.86 bits per heavy atom. The lowest BCUT2D eigenvalue weighted by atomic mass is 10.1. The third-order valence-corrected chi connectivity index (χ3v) is 6.99. The van der Waals surface area contributed by atoms with Gasteiger partial charge in [0.15, 0.2) is 6.17 Å². The summed E-state index contributed by atoms with van der Waals surface area (Å²) >= 11 is 0. The summed E-state index contributed by atoms with van der Waals surface area (Å²) in [5.41, 5.74) is 3.21. The maximum Gasteiger partial charge on any atom is 0.291 e. The normalized spacial score (nSPS) is 17.3. The number of carbonyl (C=O) groups is 2. The Morgan fingerprint density at radius 2 is 1.98 bits per heavy atom. The van der Waals surface area contributed by atoms with E-state index in [0.29, 0.717) is 30.9 Å². The van der Waals surface area contributed by atoms with E-state index in [1.807, 2.05) is 66.7 Å². The highest BCUT2D eigenvalue weighted by Gasteiger charge is 2.32. The van der Waals surface area contributed by atoms with Gasteiger partial charge in [-0.2, -0.15) is 5.11 Å². The molecule has 0 aliphatic carbocycles. The summed E-state index contributed by atoms with van der Waals surface area (Å²) in [5.74, 6) is 6.55. The number of aromatic nitrogens is 1. The van der Waals surface area contributed by atoms with Crippen LogP contribution in [0.1, 0.15) is 17.5 Å². The van der Waals surface area contributed by atoms with Crippen molar-refractivity contribution in [3.05, 3.63) is 96.2 Å². The highest BCUT2D eigenvalue weighted by Crippen LogP contribution is 2.31. The number of likely N-dealkylation sites (N-methyl/N-ethyl adjacent to an activating group) is 1. The number of aliphatic imine (C=N–C) groups is 1. The average molecular weight is 573 g/mol. The van der Waals surface area contributed by atoms with Gasteiger partial charge in [0.1, 0.15) is 24.1 Å². The molecule has 2 atom stereocenters. The van der Waals surface area contributed by atoms with Crippen molar-refractivity contribution in [2.24, 2.45) is 15.2 Å². The minimum absolute atomic E-state index is 0.0353. The van der Waals surface area contributed by atoms with Crippen LogP contribution in [0.5, 0.6) is 11.5 Å². The number of nitrogens with zero attached hydrogens (tertiary/aromatic N) is 5. The zero-order valence-electron chi connectivity index (χ0n) is 23.4. The molecule has 43 heavy (non-hydrogen) atoms. The summed E-state index contributed by atoms with van der Waals surface area (Å²) in [5, 5.41) is 11.8. The Labute approximate surface area is 248 Å². The maximum atomic E-state index is 13.3. The minimum atomic E-state index is -0.923. The molecule has 0 saturated carbocycles. The van der Waals surface area contributed by atoms with Crippen LogP contribution in [0.15, 0.2) is 100 Å². The van der Waals surface area contributed by atoms with Gasteiger partial charge < -0.3 is 19.7 Å². The summed E-state index contributed by atoms with van der Waals surface area (Å²) < 4.78 is 11.7. The lowest BCUT2D eigenvalue weighted by Gasteiger charge is -2.20. The van der Waals surface area contributed by atoms with Crippen molar-refractivity contribution < 1.29 is 19.1 Å².